The SMILES string of the molecule is CC(C)C(CC(=O)N1CCCC1CC(=O)O)NC(=O)OCC1c2ccccc2-c2ccccc21. The average molecular weight is 465 g/mol. The standard InChI is InChI=1S/C27H32N2O5/c1-17(2)24(15-25(30)29-13-7-8-18(29)14-26(31)32)28-27(33)34-16-23-21-11-5-3-9-19(21)20-10-4-6-12-22(20)23/h3-6,9-12,17-18,23-24H,7-8,13-16H2,1-2H3,(H,28,33)(H,31,32). The summed E-state index contributed by atoms with van der Waals surface area (Å²) >= 11 is 0. The molecule has 1 saturated heterocycles. The van der Waals surface area contributed by atoms with Crippen LogP contribution in [0, 0.1) is 5.92 Å². The highest BCUT2D eigenvalue weighted by Crippen LogP contribution is 2.44. The van der Waals surface area contributed by atoms with Crippen molar-refractivity contribution in [2.45, 2.75) is 57.5 Å². The number of nitrogens with one attached hydrogen (secondary N) is 1. The summed E-state index contributed by atoms with van der Waals surface area (Å²) < 4.78 is 5.65. The molecule has 1 fully saturated rings. The fourth-order valence-corrected chi connectivity index (χ4v) is 5.13. The van der Waals surface area contributed by atoms with Gasteiger partial charge in [0.2, 0.25) is 5.91 Å². The van der Waals surface area contributed by atoms with E-state index in [1.165, 1.54) is 11.1 Å². The Hall–Kier alpha value is -3.35. The highest BCUT2D eigenvalue weighted by Gasteiger charge is 2.33. The highest BCUT2D eigenvalue weighted by atomic mass is 16.5. The Morgan fingerprint density at radius 3 is 2.26 bits per heavy atom. The second-order valence-corrected chi connectivity index (χ2v) is 9.51. The van der Waals surface area contributed by atoms with Crippen LogP contribution >= 0.6 is 0 Å². The predicted molar refractivity (Wildman–Crippen MR) is 128 cm³/mol. The Kier molecular flexibility index (Phi) is 7.20. The number of nitrogens with zero attached hydrogens (tertiary/aromatic N) is 1. The third-order valence-electron chi connectivity index (χ3n) is 6.95. The number of aliphatic carboxylic acids is 1. The fourth-order valence-electron chi connectivity index (χ4n) is 5.13. The van der Waals surface area contributed by atoms with Crippen molar-refractivity contribution in [1.82, 2.24) is 10.2 Å². The molecule has 34 heavy (non-hydrogen) atoms. The normalized spacial score (nSPS) is 17.9. The molecular weight excluding hydrogens is 432 g/mol. The van der Waals surface area contributed by atoms with Gasteiger partial charge in [-0.05, 0) is 41.0 Å². The zero-order chi connectivity index (χ0) is 24.2. The first-order valence-electron chi connectivity index (χ1n) is 12.0. The van der Waals surface area contributed by atoms with E-state index in [2.05, 4.69) is 29.6 Å². The van der Waals surface area contributed by atoms with E-state index in [4.69, 9.17) is 9.84 Å². The number of alkyl carbamates (subject to hydrolysis) is 1. The largest absolute Gasteiger partial charge is 0.481 e. The Bertz CT molecular complexity index is 1020. The summed E-state index contributed by atoms with van der Waals surface area (Å²) in [5.41, 5.74) is 4.62. The summed E-state index contributed by atoms with van der Waals surface area (Å²) in [6.45, 7) is 4.67. The third kappa shape index (κ3) is 5.08. The quantitative estimate of drug-likeness (QED) is 0.604. The lowest BCUT2D eigenvalue weighted by atomic mass is 9.98. The summed E-state index contributed by atoms with van der Waals surface area (Å²) in [4.78, 5) is 38.4. The van der Waals surface area contributed by atoms with Gasteiger partial charge in [-0.15, -0.1) is 0 Å². The van der Waals surface area contributed by atoms with Crippen molar-refractivity contribution in [3.05, 3.63) is 59.7 Å². The molecule has 2 unspecified atom stereocenters. The lowest BCUT2D eigenvalue weighted by Crippen LogP contribution is -2.45. The molecule has 2 aromatic carbocycles. The first-order chi connectivity index (χ1) is 16.3. The molecule has 1 aliphatic carbocycles. The molecule has 0 spiro atoms. The zero-order valence-electron chi connectivity index (χ0n) is 19.7. The number of carbonyl (C=O) groups excluding carboxylic acids is 2. The maximum absolute atomic E-state index is 12.9. The second kappa shape index (κ2) is 10.3. The molecule has 2 aliphatic rings. The smallest absolute Gasteiger partial charge is 0.407 e. The number of carboxylic acid groups (broad SMARTS) is 1. The highest BCUT2D eigenvalue weighted by molar-refractivity contribution is 5.80. The number of carbonyl (C=O) groups is 3. The molecule has 7 nitrogen and oxygen atoms in total. The number of hydrogen-bond acceptors (Lipinski definition) is 4. The molecule has 0 radical (unpaired) electrons. The number of ether oxygens (including phenoxy) is 1. The molecule has 1 aliphatic heterocycles. The van der Waals surface area contributed by atoms with Crippen molar-refractivity contribution in [3.63, 3.8) is 0 Å². The summed E-state index contributed by atoms with van der Waals surface area (Å²) in [5, 5.41) is 12.0. The van der Waals surface area contributed by atoms with E-state index < -0.39 is 18.1 Å². The van der Waals surface area contributed by atoms with Crippen molar-refractivity contribution in [2.75, 3.05) is 13.2 Å². The number of carboxylic acids is 1. The van der Waals surface area contributed by atoms with Crippen LogP contribution in [0.1, 0.15) is 56.6 Å². The van der Waals surface area contributed by atoms with E-state index in [-0.39, 0.29) is 43.2 Å². The summed E-state index contributed by atoms with van der Waals surface area (Å²) in [6, 6.07) is 15.7. The van der Waals surface area contributed by atoms with E-state index in [9.17, 15) is 14.4 Å². The van der Waals surface area contributed by atoms with Crippen molar-refractivity contribution < 1.29 is 24.2 Å². The predicted octanol–water partition coefficient (Wildman–Crippen LogP) is 4.41. The minimum absolute atomic E-state index is 0.0185. The average Bonchev–Trinajstić information content (AvgIpc) is 3.39. The third-order valence-corrected chi connectivity index (χ3v) is 6.95. The Balaban J connectivity index is 1.37. The van der Waals surface area contributed by atoms with Crippen LogP contribution in [-0.4, -0.2) is 53.2 Å². The molecule has 7 heteroatoms. The second-order valence-electron chi connectivity index (χ2n) is 9.51. The lowest BCUT2D eigenvalue weighted by molar-refractivity contribution is -0.140. The van der Waals surface area contributed by atoms with Crippen molar-refractivity contribution >= 4 is 18.0 Å². The van der Waals surface area contributed by atoms with Crippen molar-refractivity contribution in [1.29, 1.82) is 0 Å². The molecule has 4 rings (SSSR count). The zero-order valence-corrected chi connectivity index (χ0v) is 19.7. The number of rotatable bonds is 8. The molecule has 2 amide bonds. The minimum atomic E-state index is -0.901. The Morgan fingerprint density at radius 1 is 1.06 bits per heavy atom. The molecule has 2 N–H and O–H groups in total. The van der Waals surface area contributed by atoms with Gasteiger partial charge >= 0.3 is 12.1 Å². The molecule has 180 valence electrons. The van der Waals surface area contributed by atoms with E-state index in [1.54, 1.807) is 4.90 Å². The molecule has 0 saturated carbocycles. The molecule has 0 aromatic heterocycles. The van der Waals surface area contributed by atoms with Gasteiger partial charge in [0.1, 0.15) is 6.61 Å². The topological polar surface area (TPSA) is 95.9 Å². The van der Waals surface area contributed by atoms with Crippen molar-refractivity contribution in [3.8, 4) is 11.1 Å². The number of benzene rings is 2. The molecule has 2 aromatic rings. The van der Waals surface area contributed by atoms with Crippen molar-refractivity contribution in [2.24, 2.45) is 5.92 Å². The molecule has 0 bridgehead atoms. The van der Waals surface area contributed by atoms with Crippen LogP contribution in [0.25, 0.3) is 11.1 Å². The maximum Gasteiger partial charge on any atom is 0.407 e. The number of hydrogen-bond donors (Lipinski definition) is 2. The Labute approximate surface area is 200 Å². The van der Waals surface area contributed by atoms with Crippen LogP contribution in [0.3, 0.4) is 0 Å². The first kappa shape index (κ1) is 23.8. The number of amides is 2. The van der Waals surface area contributed by atoms with E-state index in [1.807, 2.05) is 38.1 Å². The van der Waals surface area contributed by atoms with E-state index >= 15 is 0 Å². The van der Waals surface area contributed by atoms with Gasteiger partial charge in [0, 0.05) is 31.0 Å². The van der Waals surface area contributed by atoms with Crippen LogP contribution in [0.5, 0.6) is 0 Å². The van der Waals surface area contributed by atoms with E-state index in [0.717, 1.165) is 17.5 Å². The van der Waals surface area contributed by atoms with Crippen LogP contribution in [0.2, 0.25) is 0 Å². The van der Waals surface area contributed by atoms with Crippen LogP contribution in [-0.2, 0) is 14.3 Å². The monoisotopic (exact) mass is 464 g/mol. The molecular formula is C27H32N2O5. The van der Waals surface area contributed by atoms with Gasteiger partial charge in [-0.2, -0.15) is 0 Å². The van der Waals surface area contributed by atoms with Gasteiger partial charge in [0.15, 0.2) is 0 Å². The van der Waals surface area contributed by atoms with Gasteiger partial charge in [0.05, 0.1) is 6.42 Å². The number of fused-ring (bicyclic) bond motifs is 3. The minimum Gasteiger partial charge on any atom is -0.481 e. The van der Waals surface area contributed by atoms with Gasteiger partial charge in [-0.1, -0.05) is 62.4 Å². The molecule has 1 heterocycles. The maximum atomic E-state index is 12.9. The van der Waals surface area contributed by atoms with Gasteiger partial charge < -0.3 is 20.1 Å². The van der Waals surface area contributed by atoms with Gasteiger partial charge in [-0.25, -0.2) is 4.79 Å². The number of likely N-dealkylation sites (tertiary alicyclic amines) is 1. The van der Waals surface area contributed by atoms with Crippen LogP contribution in [0.15, 0.2) is 48.5 Å². The lowest BCUT2D eigenvalue weighted by Gasteiger charge is -2.28. The Morgan fingerprint density at radius 2 is 1.68 bits per heavy atom. The summed E-state index contributed by atoms with van der Waals surface area (Å²) in [7, 11) is 0. The van der Waals surface area contributed by atoms with E-state index in [0.29, 0.717) is 13.0 Å². The van der Waals surface area contributed by atoms with Crippen LogP contribution < -0.4 is 5.32 Å². The fraction of sp³-hybridized carbons (Fsp3) is 0.444. The molecule has 2 atom stereocenters. The van der Waals surface area contributed by atoms with Gasteiger partial charge in [-0.3, -0.25) is 9.59 Å². The first-order valence-corrected chi connectivity index (χ1v) is 12.0. The van der Waals surface area contributed by atoms with Gasteiger partial charge in [0.25, 0.3) is 0 Å². The summed E-state index contributed by atoms with van der Waals surface area (Å²) in [6.07, 6.45) is 1.03. The van der Waals surface area contributed by atoms with Crippen LogP contribution in [0.4, 0.5) is 4.79 Å². The summed E-state index contributed by atoms with van der Waals surface area (Å²) in [5.74, 6) is -1.04.